The Labute approximate surface area is 117 Å². The first kappa shape index (κ1) is 14.4. The number of rotatable bonds is 7. The van der Waals surface area contributed by atoms with E-state index in [1.165, 1.54) is 0 Å². The first-order valence-corrected chi connectivity index (χ1v) is 6.84. The molecule has 1 unspecified atom stereocenters. The van der Waals surface area contributed by atoms with Crippen LogP contribution in [0.5, 0.6) is 5.75 Å². The highest BCUT2D eigenvalue weighted by Crippen LogP contribution is 2.32. The molecule has 1 aromatic rings. The lowest BCUT2D eigenvalue weighted by atomic mass is 10.1. The molecule has 1 aliphatic carbocycles. The summed E-state index contributed by atoms with van der Waals surface area (Å²) in [7, 11) is 0. The second-order valence-corrected chi connectivity index (χ2v) is 4.97. The van der Waals surface area contributed by atoms with Crippen molar-refractivity contribution in [2.24, 2.45) is 5.92 Å². The molecule has 20 heavy (non-hydrogen) atoms. The lowest BCUT2D eigenvalue weighted by molar-refractivity contribution is -0.142. The Hall–Kier alpha value is -2.04. The van der Waals surface area contributed by atoms with Crippen molar-refractivity contribution in [1.82, 2.24) is 5.32 Å². The van der Waals surface area contributed by atoms with Crippen LogP contribution in [0.1, 0.15) is 25.3 Å². The standard InChI is InChI=1S/C15H19NO4/c1-2-10-5-3-4-6-12(10)20-9-13(17)16-14(15(18)19)11-7-8-11/h3-6,11,14H,2,7-9H2,1H3,(H,16,17)(H,18,19). The number of aliphatic carboxylic acids is 1. The SMILES string of the molecule is CCc1ccccc1OCC(=O)NC(C(=O)O)C1CC1. The Kier molecular flexibility index (Phi) is 4.61. The lowest BCUT2D eigenvalue weighted by Gasteiger charge is -2.14. The molecule has 2 N–H and O–H groups in total. The van der Waals surface area contributed by atoms with Crippen molar-refractivity contribution in [3.63, 3.8) is 0 Å². The molecule has 0 heterocycles. The van der Waals surface area contributed by atoms with Gasteiger partial charge in [-0.05, 0) is 36.8 Å². The fraction of sp³-hybridized carbons (Fsp3) is 0.467. The van der Waals surface area contributed by atoms with Crippen LogP contribution in [-0.2, 0) is 16.0 Å². The Balaban J connectivity index is 1.87. The number of hydrogen-bond donors (Lipinski definition) is 2. The third-order valence-electron chi connectivity index (χ3n) is 3.39. The minimum atomic E-state index is -0.977. The number of benzene rings is 1. The number of hydrogen-bond acceptors (Lipinski definition) is 3. The molecule has 1 atom stereocenters. The molecule has 5 heteroatoms. The van der Waals surface area contributed by atoms with E-state index in [9.17, 15) is 9.59 Å². The maximum atomic E-state index is 11.8. The van der Waals surface area contributed by atoms with Crippen molar-refractivity contribution in [2.45, 2.75) is 32.2 Å². The molecule has 0 aliphatic heterocycles. The molecule has 0 radical (unpaired) electrons. The Morgan fingerprint density at radius 2 is 2.10 bits per heavy atom. The van der Waals surface area contributed by atoms with Gasteiger partial charge in [0.1, 0.15) is 11.8 Å². The van der Waals surface area contributed by atoms with Crippen molar-refractivity contribution < 1.29 is 19.4 Å². The smallest absolute Gasteiger partial charge is 0.326 e. The molecule has 5 nitrogen and oxygen atoms in total. The molecule has 0 aromatic heterocycles. The summed E-state index contributed by atoms with van der Waals surface area (Å²) in [5.41, 5.74) is 1.03. The van der Waals surface area contributed by atoms with Gasteiger partial charge in [-0.25, -0.2) is 4.79 Å². The second-order valence-electron chi connectivity index (χ2n) is 4.97. The van der Waals surface area contributed by atoms with E-state index in [1.54, 1.807) is 0 Å². The highest BCUT2D eigenvalue weighted by Gasteiger charge is 2.37. The van der Waals surface area contributed by atoms with Crippen LogP contribution < -0.4 is 10.1 Å². The molecule has 1 aliphatic rings. The monoisotopic (exact) mass is 277 g/mol. The summed E-state index contributed by atoms with van der Waals surface area (Å²) in [4.78, 5) is 22.8. The Morgan fingerprint density at radius 3 is 2.70 bits per heavy atom. The van der Waals surface area contributed by atoms with Crippen molar-refractivity contribution in [2.75, 3.05) is 6.61 Å². The highest BCUT2D eigenvalue weighted by molar-refractivity contribution is 5.84. The summed E-state index contributed by atoms with van der Waals surface area (Å²) >= 11 is 0. The van der Waals surface area contributed by atoms with Crippen LogP contribution in [0.25, 0.3) is 0 Å². The third-order valence-corrected chi connectivity index (χ3v) is 3.39. The zero-order valence-electron chi connectivity index (χ0n) is 11.5. The van der Waals surface area contributed by atoms with E-state index in [1.807, 2.05) is 31.2 Å². The molecule has 0 bridgehead atoms. The minimum Gasteiger partial charge on any atom is -0.483 e. The van der Waals surface area contributed by atoms with Crippen molar-refractivity contribution in [3.05, 3.63) is 29.8 Å². The van der Waals surface area contributed by atoms with Gasteiger partial charge in [-0.3, -0.25) is 4.79 Å². The number of para-hydroxylation sites is 1. The summed E-state index contributed by atoms with van der Waals surface area (Å²) in [6, 6.07) is 6.72. The van der Waals surface area contributed by atoms with Gasteiger partial charge in [-0.15, -0.1) is 0 Å². The molecule has 1 aromatic carbocycles. The fourth-order valence-electron chi connectivity index (χ4n) is 2.11. The number of carboxylic acid groups (broad SMARTS) is 1. The number of aryl methyl sites for hydroxylation is 1. The van der Waals surface area contributed by atoms with Gasteiger partial charge in [0.25, 0.3) is 5.91 Å². The molecule has 0 spiro atoms. The third kappa shape index (κ3) is 3.73. The van der Waals surface area contributed by atoms with E-state index in [4.69, 9.17) is 9.84 Å². The van der Waals surface area contributed by atoms with Gasteiger partial charge in [0.2, 0.25) is 0 Å². The van der Waals surface area contributed by atoms with E-state index < -0.39 is 17.9 Å². The fourth-order valence-corrected chi connectivity index (χ4v) is 2.11. The van der Waals surface area contributed by atoms with Gasteiger partial charge in [-0.1, -0.05) is 25.1 Å². The van der Waals surface area contributed by atoms with Crippen molar-refractivity contribution in [3.8, 4) is 5.75 Å². The molecular weight excluding hydrogens is 258 g/mol. The Morgan fingerprint density at radius 1 is 1.40 bits per heavy atom. The summed E-state index contributed by atoms with van der Waals surface area (Å²) < 4.78 is 5.47. The van der Waals surface area contributed by atoms with E-state index in [-0.39, 0.29) is 12.5 Å². The van der Waals surface area contributed by atoms with Gasteiger partial charge < -0.3 is 15.2 Å². The van der Waals surface area contributed by atoms with Crippen LogP contribution in [0, 0.1) is 5.92 Å². The first-order chi connectivity index (χ1) is 9.61. The predicted molar refractivity (Wildman–Crippen MR) is 73.6 cm³/mol. The summed E-state index contributed by atoms with van der Waals surface area (Å²) in [5, 5.41) is 11.6. The highest BCUT2D eigenvalue weighted by atomic mass is 16.5. The molecular formula is C15H19NO4. The van der Waals surface area contributed by atoms with E-state index in [0.29, 0.717) is 5.75 Å². The van der Waals surface area contributed by atoms with Crippen LogP contribution in [0.2, 0.25) is 0 Å². The number of nitrogens with one attached hydrogen (secondary N) is 1. The second kappa shape index (κ2) is 6.41. The maximum Gasteiger partial charge on any atom is 0.326 e. The zero-order valence-corrected chi connectivity index (χ0v) is 11.5. The van der Waals surface area contributed by atoms with Crippen LogP contribution in [0.15, 0.2) is 24.3 Å². The van der Waals surface area contributed by atoms with Gasteiger partial charge in [0.15, 0.2) is 6.61 Å². The van der Waals surface area contributed by atoms with E-state index >= 15 is 0 Å². The van der Waals surface area contributed by atoms with E-state index in [2.05, 4.69) is 5.32 Å². The lowest BCUT2D eigenvalue weighted by Crippen LogP contribution is -2.44. The molecule has 0 saturated heterocycles. The average Bonchev–Trinajstić information content (AvgIpc) is 3.27. The molecule has 1 fully saturated rings. The first-order valence-electron chi connectivity index (χ1n) is 6.84. The topological polar surface area (TPSA) is 75.6 Å². The normalized spacial score (nSPS) is 15.4. The quantitative estimate of drug-likeness (QED) is 0.794. The van der Waals surface area contributed by atoms with Crippen LogP contribution >= 0.6 is 0 Å². The number of amides is 1. The van der Waals surface area contributed by atoms with E-state index in [0.717, 1.165) is 24.8 Å². The molecule has 108 valence electrons. The van der Waals surface area contributed by atoms with Gasteiger partial charge in [0.05, 0.1) is 0 Å². The maximum absolute atomic E-state index is 11.8. The van der Waals surface area contributed by atoms with Crippen LogP contribution in [0.3, 0.4) is 0 Å². The summed E-state index contributed by atoms with van der Waals surface area (Å²) in [5.74, 6) is -0.632. The molecule has 1 saturated carbocycles. The largest absolute Gasteiger partial charge is 0.483 e. The number of carboxylic acids is 1. The van der Waals surface area contributed by atoms with Gasteiger partial charge >= 0.3 is 5.97 Å². The van der Waals surface area contributed by atoms with Gasteiger partial charge in [0, 0.05) is 0 Å². The van der Waals surface area contributed by atoms with Crippen molar-refractivity contribution in [1.29, 1.82) is 0 Å². The van der Waals surface area contributed by atoms with Crippen molar-refractivity contribution >= 4 is 11.9 Å². The average molecular weight is 277 g/mol. The number of carbonyl (C=O) groups excluding carboxylic acids is 1. The molecule has 1 amide bonds. The summed E-state index contributed by atoms with van der Waals surface area (Å²) in [6.45, 7) is 1.85. The number of ether oxygens (including phenoxy) is 1. The molecule has 2 rings (SSSR count). The zero-order chi connectivity index (χ0) is 14.5. The van der Waals surface area contributed by atoms with Crippen LogP contribution in [0.4, 0.5) is 0 Å². The summed E-state index contributed by atoms with van der Waals surface area (Å²) in [6.07, 6.45) is 2.53. The minimum absolute atomic E-state index is 0.0689. The van der Waals surface area contributed by atoms with Gasteiger partial charge in [-0.2, -0.15) is 0 Å². The Bertz CT molecular complexity index is 496. The predicted octanol–water partition coefficient (Wildman–Crippen LogP) is 1.61. The van der Waals surface area contributed by atoms with Crippen LogP contribution in [-0.4, -0.2) is 29.6 Å². The number of carbonyl (C=O) groups is 2.